The van der Waals surface area contributed by atoms with Crippen molar-refractivity contribution in [1.82, 2.24) is 0 Å². The van der Waals surface area contributed by atoms with Crippen LogP contribution in [0.3, 0.4) is 0 Å². The summed E-state index contributed by atoms with van der Waals surface area (Å²) in [5, 5.41) is 12.1. The van der Waals surface area contributed by atoms with Gasteiger partial charge in [-0.15, -0.1) is 0 Å². The normalized spacial score (nSPS) is 13.0. The summed E-state index contributed by atoms with van der Waals surface area (Å²) in [7, 11) is 0. The van der Waals surface area contributed by atoms with Gasteiger partial charge in [0.15, 0.2) is 0 Å². The lowest BCUT2D eigenvalue weighted by Gasteiger charge is -2.30. The number of nitriles is 1. The highest BCUT2D eigenvalue weighted by Gasteiger charge is 2.35. The minimum Gasteiger partial charge on any atom is -0.427 e. The highest BCUT2D eigenvalue weighted by molar-refractivity contribution is 5.98. The second-order valence-corrected chi connectivity index (χ2v) is 6.54. The molecule has 6 heteroatoms. The van der Waals surface area contributed by atoms with Crippen molar-refractivity contribution in [2.24, 2.45) is 5.92 Å². The smallest absolute Gasteiger partial charge is 0.308 e. The van der Waals surface area contributed by atoms with Crippen LogP contribution in [-0.2, 0) is 14.3 Å². The molecule has 0 aromatic heterocycles. The molecule has 1 amide bonds. The van der Waals surface area contributed by atoms with E-state index in [1.807, 2.05) is 26.8 Å². The van der Waals surface area contributed by atoms with E-state index < -0.39 is 11.6 Å². The third-order valence-electron chi connectivity index (χ3n) is 3.52. The Labute approximate surface area is 149 Å². The van der Waals surface area contributed by atoms with Crippen molar-refractivity contribution >= 4 is 17.6 Å². The van der Waals surface area contributed by atoms with Crippen LogP contribution in [-0.4, -0.2) is 24.1 Å². The fourth-order valence-corrected chi connectivity index (χ4v) is 2.53. The van der Waals surface area contributed by atoms with Crippen LogP contribution in [0.5, 0.6) is 5.75 Å². The summed E-state index contributed by atoms with van der Waals surface area (Å²) < 4.78 is 10.8. The minimum atomic E-state index is -0.981. The first-order chi connectivity index (χ1) is 11.7. The number of nitrogens with one attached hydrogen (secondary N) is 1. The molecular weight excluding hydrogens is 320 g/mol. The van der Waals surface area contributed by atoms with Gasteiger partial charge in [-0.3, -0.25) is 9.59 Å². The lowest BCUT2D eigenvalue weighted by atomic mass is 9.92. The highest BCUT2D eigenvalue weighted by atomic mass is 16.5. The van der Waals surface area contributed by atoms with E-state index in [9.17, 15) is 14.9 Å². The van der Waals surface area contributed by atoms with Gasteiger partial charge in [0.2, 0.25) is 0 Å². The number of amides is 1. The molecule has 25 heavy (non-hydrogen) atoms. The van der Waals surface area contributed by atoms with E-state index in [0.717, 1.165) is 6.42 Å². The quantitative estimate of drug-likeness (QED) is 0.573. The largest absolute Gasteiger partial charge is 0.427 e. The summed E-state index contributed by atoms with van der Waals surface area (Å²) in [4.78, 5) is 23.8. The van der Waals surface area contributed by atoms with Gasteiger partial charge in [0.05, 0.1) is 11.3 Å². The van der Waals surface area contributed by atoms with Crippen LogP contribution < -0.4 is 10.1 Å². The third-order valence-corrected chi connectivity index (χ3v) is 3.52. The molecule has 1 rings (SSSR count). The molecule has 1 atom stereocenters. The minimum absolute atomic E-state index is 0.217. The Morgan fingerprint density at radius 2 is 2.04 bits per heavy atom. The maximum atomic E-state index is 12.8. The van der Waals surface area contributed by atoms with E-state index in [4.69, 9.17) is 9.47 Å². The molecule has 6 nitrogen and oxygen atoms in total. The Kier molecular flexibility index (Phi) is 7.59. The molecule has 0 saturated carbocycles. The van der Waals surface area contributed by atoms with Crippen LogP contribution in [0.2, 0.25) is 0 Å². The fourth-order valence-electron chi connectivity index (χ4n) is 2.53. The zero-order valence-electron chi connectivity index (χ0n) is 15.5. The molecule has 0 spiro atoms. The maximum absolute atomic E-state index is 12.8. The Hall–Kier alpha value is -2.39. The molecule has 0 heterocycles. The van der Waals surface area contributed by atoms with Gasteiger partial charge in [-0.2, -0.15) is 5.26 Å². The molecule has 0 bridgehead atoms. The average Bonchev–Trinajstić information content (AvgIpc) is 2.53. The number of benzene rings is 1. The summed E-state index contributed by atoms with van der Waals surface area (Å²) in [6, 6.07) is 6.50. The van der Waals surface area contributed by atoms with Gasteiger partial charge < -0.3 is 14.8 Å². The SMILES string of the molecule is CCCO[C@@](C)(CC(C)C)C(=O)Nc1ccc(OC(C)=O)cc1C#N. The van der Waals surface area contributed by atoms with Gasteiger partial charge in [0.1, 0.15) is 17.4 Å². The topological polar surface area (TPSA) is 88.4 Å². The number of hydrogen-bond acceptors (Lipinski definition) is 5. The first-order valence-electron chi connectivity index (χ1n) is 8.39. The number of nitrogens with zero attached hydrogens (tertiary/aromatic N) is 1. The number of carbonyl (C=O) groups excluding carboxylic acids is 2. The van der Waals surface area contributed by atoms with Crippen LogP contribution in [0, 0.1) is 17.2 Å². The van der Waals surface area contributed by atoms with Crippen LogP contribution in [0.4, 0.5) is 5.69 Å². The van der Waals surface area contributed by atoms with E-state index in [0.29, 0.717) is 18.7 Å². The highest BCUT2D eigenvalue weighted by Crippen LogP contribution is 2.26. The van der Waals surface area contributed by atoms with Crippen molar-refractivity contribution in [1.29, 1.82) is 5.26 Å². The van der Waals surface area contributed by atoms with E-state index in [1.54, 1.807) is 13.0 Å². The monoisotopic (exact) mass is 346 g/mol. The van der Waals surface area contributed by atoms with Crippen molar-refractivity contribution in [3.05, 3.63) is 23.8 Å². The third kappa shape index (κ3) is 6.20. The molecule has 0 radical (unpaired) electrons. The van der Waals surface area contributed by atoms with Crippen molar-refractivity contribution in [3.63, 3.8) is 0 Å². The predicted octanol–water partition coefficient (Wildman–Crippen LogP) is 3.65. The van der Waals surface area contributed by atoms with Gasteiger partial charge in [0.25, 0.3) is 5.91 Å². The summed E-state index contributed by atoms with van der Waals surface area (Å²) in [5.74, 6) is -0.242. The number of esters is 1. The van der Waals surface area contributed by atoms with Crippen LogP contribution in [0.1, 0.15) is 53.0 Å². The summed E-state index contributed by atoms with van der Waals surface area (Å²) in [5.41, 5.74) is -0.404. The molecule has 0 fully saturated rings. The zero-order chi connectivity index (χ0) is 19.0. The van der Waals surface area contributed by atoms with Crippen LogP contribution in [0.15, 0.2) is 18.2 Å². The molecular formula is C19H26N2O4. The van der Waals surface area contributed by atoms with Crippen molar-refractivity contribution < 1.29 is 19.1 Å². The Bertz CT molecular complexity index is 664. The zero-order valence-corrected chi connectivity index (χ0v) is 15.5. The summed E-state index contributed by atoms with van der Waals surface area (Å²) >= 11 is 0. The van der Waals surface area contributed by atoms with Crippen molar-refractivity contribution in [2.45, 2.75) is 53.1 Å². The van der Waals surface area contributed by atoms with Gasteiger partial charge in [-0.05, 0) is 37.8 Å². The molecule has 0 saturated heterocycles. The number of anilines is 1. The summed E-state index contributed by atoms with van der Waals surface area (Å²) in [6.45, 7) is 9.55. The first kappa shape index (κ1) is 20.7. The number of ether oxygens (including phenoxy) is 2. The lowest BCUT2D eigenvalue weighted by molar-refractivity contribution is -0.141. The van der Waals surface area contributed by atoms with Gasteiger partial charge >= 0.3 is 5.97 Å². The average molecular weight is 346 g/mol. The summed E-state index contributed by atoms with van der Waals surface area (Å²) in [6.07, 6.45) is 1.37. The Balaban J connectivity index is 3.03. The number of rotatable bonds is 8. The molecule has 0 aliphatic carbocycles. The Morgan fingerprint density at radius 3 is 2.56 bits per heavy atom. The molecule has 1 N–H and O–H groups in total. The first-order valence-corrected chi connectivity index (χ1v) is 8.39. The second-order valence-electron chi connectivity index (χ2n) is 6.54. The molecule has 0 aliphatic heterocycles. The standard InChI is InChI=1S/C19H26N2O4/c1-6-9-24-19(5,11-13(2)3)18(23)21-17-8-7-16(25-14(4)22)10-15(17)12-20/h7-8,10,13H,6,9,11H2,1-5H3,(H,21,23)/t19-/m0/s1. The van der Waals surface area contributed by atoms with E-state index >= 15 is 0 Å². The van der Waals surface area contributed by atoms with Crippen LogP contribution in [0.25, 0.3) is 0 Å². The molecule has 0 aliphatic rings. The van der Waals surface area contributed by atoms with Crippen molar-refractivity contribution in [3.8, 4) is 11.8 Å². The lowest BCUT2D eigenvalue weighted by Crippen LogP contribution is -2.44. The second kappa shape index (κ2) is 9.19. The predicted molar refractivity (Wildman–Crippen MR) is 95.2 cm³/mol. The van der Waals surface area contributed by atoms with Gasteiger partial charge in [-0.25, -0.2) is 0 Å². The maximum Gasteiger partial charge on any atom is 0.308 e. The molecule has 0 unspecified atom stereocenters. The van der Waals surface area contributed by atoms with Gasteiger partial charge in [-0.1, -0.05) is 20.8 Å². The molecule has 1 aromatic rings. The van der Waals surface area contributed by atoms with E-state index in [1.165, 1.54) is 19.1 Å². The van der Waals surface area contributed by atoms with Gasteiger partial charge in [0, 0.05) is 19.6 Å². The fraction of sp³-hybridized carbons (Fsp3) is 0.526. The van der Waals surface area contributed by atoms with Crippen molar-refractivity contribution in [2.75, 3.05) is 11.9 Å². The number of carbonyl (C=O) groups is 2. The molecule has 136 valence electrons. The van der Waals surface area contributed by atoms with E-state index in [-0.39, 0.29) is 23.1 Å². The number of hydrogen-bond donors (Lipinski definition) is 1. The molecule has 1 aromatic carbocycles. The van der Waals surface area contributed by atoms with E-state index in [2.05, 4.69) is 5.32 Å². The van der Waals surface area contributed by atoms with Crippen LogP contribution >= 0.6 is 0 Å². The Morgan fingerprint density at radius 1 is 1.36 bits per heavy atom.